The van der Waals surface area contributed by atoms with E-state index in [1.165, 1.54) is 16.7 Å². The average Bonchev–Trinajstić information content (AvgIpc) is 3.32. The molecule has 2 heterocycles. The lowest BCUT2D eigenvalue weighted by Crippen LogP contribution is -2.38. The molecule has 7 nitrogen and oxygen atoms in total. The van der Waals surface area contributed by atoms with E-state index in [0.29, 0.717) is 6.54 Å². The highest BCUT2D eigenvalue weighted by Crippen LogP contribution is 2.11. The lowest BCUT2D eigenvalue weighted by Gasteiger charge is -2.12. The van der Waals surface area contributed by atoms with Crippen molar-refractivity contribution in [2.75, 3.05) is 13.1 Å². The van der Waals surface area contributed by atoms with Gasteiger partial charge in [0.25, 0.3) is 0 Å². The Hall–Kier alpha value is -2.36. The van der Waals surface area contributed by atoms with Crippen LogP contribution in [0, 0.1) is 6.92 Å². The molecule has 0 aliphatic heterocycles. The van der Waals surface area contributed by atoms with Crippen molar-refractivity contribution < 1.29 is 0 Å². The van der Waals surface area contributed by atoms with Gasteiger partial charge in [-0.15, -0.1) is 24.0 Å². The van der Waals surface area contributed by atoms with E-state index in [0.717, 1.165) is 32.1 Å². The largest absolute Gasteiger partial charge is 0.357 e. The molecule has 0 amide bonds. The van der Waals surface area contributed by atoms with Crippen LogP contribution in [0.4, 0.5) is 0 Å². The van der Waals surface area contributed by atoms with Crippen molar-refractivity contribution in [3.8, 4) is 0 Å². The highest BCUT2D eigenvalue weighted by atomic mass is 127. The SMILES string of the molecule is CCNC(=NCc1ccccc1Cn1cccn1)NCCn1cc(C)cn1.I. The van der Waals surface area contributed by atoms with Crippen molar-refractivity contribution in [2.45, 2.75) is 33.5 Å². The van der Waals surface area contributed by atoms with Crippen LogP contribution in [0.2, 0.25) is 0 Å². The van der Waals surface area contributed by atoms with Gasteiger partial charge in [-0.25, -0.2) is 4.99 Å². The van der Waals surface area contributed by atoms with Crippen LogP contribution < -0.4 is 10.6 Å². The van der Waals surface area contributed by atoms with E-state index in [4.69, 9.17) is 4.99 Å². The van der Waals surface area contributed by atoms with Gasteiger partial charge >= 0.3 is 0 Å². The number of hydrogen-bond donors (Lipinski definition) is 2. The fourth-order valence-corrected chi connectivity index (χ4v) is 2.82. The molecule has 0 spiro atoms. The van der Waals surface area contributed by atoms with Crippen LogP contribution in [0.5, 0.6) is 0 Å². The van der Waals surface area contributed by atoms with Gasteiger partial charge in [0, 0.05) is 31.7 Å². The number of nitrogens with zero attached hydrogens (tertiary/aromatic N) is 5. The van der Waals surface area contributed by atoms with Crippen LogP contribution in [-0.2, 0) is 19.6 Å². The Morgan fingerprint density at radius 3 is 2.57 bits per heavy atom. The molecule has 0 bridgehead atoms. The van der Waals surface area contributed by atoms with Crippen molar-refractivity contribution in [3.63, 3.8) is 0 Å². The summed E-state index contributed by atoms with van der Waals surface area (Å²) >= 11 is 0. The number of benzene rings is 1. The van der Waals surface area contributed by atoms with Gasteiger partial charge < -0.3 is 10.6 Å². The minimum atomic E-state index is 0. The zero-order chi connectivity index (χ0) is 18.9. The van der Waals surface area contributed by atoms with E-state index in [1.54, 1.807) is 6.20 Å². The summed E-state index contributed by atoms with van der Waals surface area (Å²) in [5.41, 5.74) is 3.60. The molecule has 0 aliphatic carbocycles. The molecule has 0 radical (unpaired) electrons. The minimum Gasteiger partial charge on any atom is -0.357 e. The highest BCUT2D eigenvalue weighted by molar-refractivity contribution is 14.0. The third kappa shape index (κ3) is 6.66. The van der Waals surface area contributed by atoms with E-state index in [9.17, 15) is 0 Å². The van der Waals surface area contributed by atoms with E-state index in [-0.39, 0.29) is 24.0 Å². The summed E-state index contributed by atoms with van der Waals surface area (Å²) in [6, 6.07) is 10.3. The van der Waals surface area contributed by atoms with Crippen LogP contribution in [0.15, 0.2) is 60.1 Å². The maximum Gasteiger partial charge on any atom is 0.191 e. The molecule has 150 valence electrons. The van der Waals surface area contributed by atoms with Crippen molar-refractivity contribution in [2.24, 2.45) is 4.99 Å². The zero-order valence-corrected chi connectivity index (χ0v) is 18.7. The Labute approximate surface area is 183 Å². The van der Waals surface area contributed by atoms with Gasteiger partial charge in [0.05, 0.1) is 25.8 Å². The Morgan fingerprint density at radius 2 is 1.89 bits per heavy atom. The molecule has 0 fully saturated rings. The van der Waals surface area contributed by atoms with E-state index < -0.39 is 0 Å². The zero-order valence-electron chi connectivity index (χ0n) is 16.4. The quantitative estimate of drug-likeness (QED) is 0.288. The number of nitrogens with one attached hydrogen (secondary N) is 2. The lowest BCUT2D eigenvalue weighted by molar-refractivity contribution is 0.597. The standard InChI is InChI=1S/C20H27N7.HI/c1-3-21-20(22-10-12-27-15-17(2)13-25-27)23-14-18-7-4-5-8-19(18)16-26-11-6-9-24-26;/h4-9,11,13,15H,3,10,12,14,16H2,1-2H3,(H2,21,22,23);1H. The lowest BCUT2D eigenvalue weighted by atomic mass is 10.1. The second kappa shape index (κ2) is 11.5. The molecule has 3 aromatic rings. The van der Waals surface area contributed by atoms with Crippen LogP contribution >= 0.6 is 24.0 Å². The molecular formula is C20H28IN7. The number of halogens is 1. The van der Waals surface area contributed by atoms with Crippen LogP contribution in [0.3, 0.4) is 0 Å². The van der Waals surface area contributed by atoms with Crippen LogP contribution in [0.1, 0.15) is 23.6 Å². The molecule has 0 atom stereocenters. The number of hydrogen-bond acceptors (Lipinski definition) is 3. The number of aromatic nitrogens is 4. The number of guanidine groups is 1. The summed E-state index contributed by atoms with van der Waals surface area (Å²) in [6.45, 7) is 7.87. The number of rotatable bonds is 8. The summed E-state index contributed by atoms with van der Waals surface area (Å²) in [6.07, 6.45) is 7.69. The Bertz CT molecular complexity index is 855. The van der Waals surface area contributed by atoms with E-state index in [1.807, 2.05) is 40.9 Å². The van der Waals surface area contributed by atoms with Crippen molar-refractivity contribution in [3.05, 3.63) is 71.8 Å². The fraction of sp³-hybridized carbons (Fsp3) is 0.350. The summed E-state index contributed by atoms with van der Waals surface area (Å²) in [5.74, 6) is 0.815. The fourth-order valence-electron chi connectivity index (χ4n) is 2.82. The maximum atomic E-state index is 4.75. The van der Waals surface area contributed by atoms with E-state index >= 15 is 0 Å². The first-order chi connectivity index (χ1) is 13.2. The Balaban J connectivity index is 0.00000280. The molecule has 2 aromatic heterocycles. The third-order valence-electron chi connectivity index (χ3n) is 4.16. The van der Waals surface area contributed by atoms with Gasteiger partial charge in [-0.1, -0.05) is 24.3 Å². The van der Waals surface area contributed by atoms with Gasteiger partial charge in [0.1, 0.15) is 0 Å². The first-order valence-corrected chi connectivity index (χ1v) is 9.30. The monoisotopic (exact) mass is 493 g/mol. The number of aliphatic imine (C=N–C) groups is 1. The second-order valence-corrected chi connectivity index (χ2v) is 6.38. The molecule has 0 saturated heterocycles. The molecule has 3 rings (SSSR count). The average molecular weight is 493 g/mol. The van der Waals surface area contributed by atoms with Crippen LogP contribution in [0.25, 0.3) is 0 Å². The molecule has 0 saturated carbocycles. The minimum absolute atomic E-state index is 0. The first kappa shape index (κ1) is 21.9. The highest BCUT2D eigenvalue weighted by Gasteiger charge is 2.04. The Morgan fingerprint density at radius 1 is 1.07 bits per heavy atom. The Kier molecular flexibility index (Phi) is 8.99. The van der Waals surface area contributed by atoms with Gasteiger partial charge in [0.2, 0.25) is 0 Å². The van der Waals surface area contributed by atoms with Crippen molar-refractivity contribution in [1.82, 2.24) is 30.2 Å². The van der Waals surface area contributed by atoms with Gasteiger partial charge in [-0.05, 0) is 36.6 Å². The molecular weight excluding hydrogens is 465 g/mol. The molecule has 1 aromatic carbocycles. The number of aryl methyl sites for hydroxylation is 1. The van der Waals surface area contributed by atoms with Gasteiger partial charge in [-0.3, -0.25) is 9.36 Å². The summed E-state index contributed by atoms with van der Waals surface area (Å²) in [7, 11) is 0. The molecule has 0 aliphatic rings. The van der Waals surface area contributed by atoms with Crippen molar-refractivity contribution >= 4 is 29.9 Å². The van der Waals surface area contributed by atoms with Crippen molar-refractivity contribution in [1.29, 1.82) is 0 Å². The molecule has 8 heteroatoms. The third-order valence-corrected chi connectivity index (χ3v) is 4.16. The topological polar surface area (TPSA) is 72.1 Å². The molecule has 28 heavy (non-hydrogen) atoms. The second-order valence-electron chi connectivity index (χ2n) is 6.38. The van der Waals surface area contributed by atoms with Gasteiger partial charge in [-0.2, -0.15) is 10.2 Å². The summed E-state index contributed by atoms with van der Waals surface area (Å²) < 4.78 is 3.86. The van der Waals surface area contributed by atoms with Gasteiger partial charge in [0.15, 0.2) is 5.96 Å². The molecule has 0 unspecified atom stereocenters. The normalized spacial score (nSPS) is 11.1. The predicted molar refractivity (Wildman–Crippen MR) is 123 cm³/mol. The summed E-state index contributed by atoms with van der Waals surface area (Å²) in [5, 5.41) is 15.3. The molecule has 2 N–H and O–H groups in total. The maximum absolute atomic E-state index is 4.75. The smallest absolute Gasteiger partial charge is 0.191 e. The van der Waals surface area contributed by atoms with Crippen LogP contribution in [-0.4, -0.2) is 38.6 Å². The van der Waals surface area contributed by atoms with E-state index in [2.05, 4.69) is 52.0 Å². The predicted octanol–water partition coefficient (Wildman–Crippen LogP) is 2.81. The first-order valence-electron chi connectivity index (χ1n) is 9.30. The summed E-state index contributed by atoms with van der Waals surface area (Å²) in [4.78, 5) is 4.75.